The molecule has 134 valence electrons. The van der Waals surface area contributed by atoms with Gasteiger partial charge in [-0.15, -0.1) is 0 Å². The van der Waals surface area contributed by atoms with Crippen LogP contribution in [0.1, 0.15) is 29.6 Å². The van der Waals surface area contributed by atoms with E-state index in [1.807, 2.05) is 0 Å². The van der Waals surface area contributed by atoms with E-state index in [1.54, 1.807) is 17.0 Å². The largest absolute Gasteiger partial charge is 0.356 e. The van der Waals surface area contributed by atoms with Crippen LogP contribution in [0.25, 0.3) is 0 Å². The highest BCUT2D eigenvalue weighted by Gasteiger charge is 2.41. The number of rotatable bonds is 3. The fourth-order valence-corrected chi connectivity index (χ4v) is 3.75. The predicted molar refractivity (Wildman–Crippen MR) is 94.7 cm³/mol. The number of nitrogens with zero attached hydrogens (tertiary/aromatic N) is 1. The zero-order valence-corrected chi connectivity index (χ0v) is 15.1. The van der Waals surface area contributed by atoms with Gasteiger partial charge in [-0.1, -0.05) is 23.2 Å². The van der Waals surface area contributed by atoms with Crippen LogP contribution in [0.5, 0.6) is 0 Å². The van der Waals surface area contributed by atoms with Crippen LogP contribution < -0.4 is 10.6 Å². The van der Waals surface area contributed by atoms with Crippen LogP contribution in [-0.4, -0.2) is 48.8 Å². The van der Waals surface area contributed by atoms with Crippen LogP contribution in [0.4, 0.5) is 0 Å². The molecule has 3 rings (SSSR count). The Kier molecular flexibility index (Phi) is 5.20. The maximum Gasteiger partial charge on any atom is 0.253 e. The molecule has 1 spiro atoms. The van der Waals surface area contributed by atoms with Gasteiger partial charge >= 0.3 is 0 Å². The number of benzene rings is 1. The number of amides is 3. The third-order valence-electron chi connectivity index (χ3n) is 4.95. The molecule has 2 N–H and O–H groups in total. The van der Waals surface area contributed by atoms with Crippen molar-refractivity contribution in [2.45, 2.75) is 19.3 Å². The molecule has 1 aromatic carbocycles. The van der Waals surface area contributed by atoms with E-state index in [9.17, 15) is 14.4 Å². The van der Waals surface area contributed by atoms with E-state index in [0.29, 0.717) is 31.1 Å². The number of hydrogen-bond acceptors (Lipinski definition) is 3. The molecule has 0 unspecified atom stereocenters. The predicted octanol–water partition coefficient (Wildman–Crippen LogP) is 1.85. The zero-order chi connectivity index (χ0) is 18.0. The lowest BCUT2D eigenvalue weighted by Crippen LogP contribution is -2.47. The van der Waals surface area contributed by atoms with E-state index in [4.69, 9.17) is 23.2 Å². The minimum Gasteiger partial charge on any atom is -0.356 e. The minimum absolute atomic E-state index is 0.00851. The number of nitrogens with one attached hydrogen (secondary N) is 2. The highest BCUT2D eigenvalue weighted by atomic mass is 35.5. The lowest BCUT2D eigenvalue weighted by molar-refractivity contribution is -0.132. The lowest BCUT2D eigenvalue weighted by atomic mass is 9.77. The molecule has 25 heavy (non-hydrogen) atoms. The van der Waals surface area contributed by atoms with Crippen molar-refractivity contribution >= 4 is 40.9 Å². The van der Waals surface area contributed by atoms with Crippen molar-refractivity contribution in [2.24, 2.45) is 5.41 Å². The van der Waals surface area contributed by atoms with Gasteiger partial charge in [0.1, 0.15) is 0 Å². The first-order valence-corrected chi connectivity index (χ1v) is 8.92. The average molecular weight is 384 g/mol. The molecule has 1 aromatic rings. The third kappa shape index (κ3) is 4.07. The fraction of sp³-hybridized carbons (Fsp3) is 0.471. The Hall–Kier alpha value is -1.79. The molecular weight excluding hydrogens is 365 g/mol. The van der Waals surface area contributed by atoms with Gasteiger partial charge < -0.3 is 15.5 Å². The van der Waals surface area contributed by atoms with E-state index >= 15 is 0 Å². The van der Waals surface area contributed by atoms with Crippen molar-refractivity contribution in [3.8, 4) is 0 Å². The summed E-state index contributed by atoms with van der Waals surface area (Å²) in [5, 5.41) is 6.15. The summed E-state index contributed by atoms with van der Waals surface area (Å²) in [5.41, 5.74) is 0.237. The number of hydrogen-bond donors (Lipinski definition) is 2. The summed E-state index contributed by atoms with van der Waals surface area (Å²) < 4.78 is 0. The summed E-state index contributed by atoms with van der Waals surface area (Å²) in [6.07, 6.45) is 2.14. The van der Waals surface area contributed by atoms with Gasteiger partial charge in [0, 0.05) is 31.1 Å². The van der Waals surface area contributed by atoms with Crippen molar-refractivity contribution in [3.05, 3.63) is 33.8 Å². The maximum absolute atomic E-state index is 12.3. The van der Waals surface area contributed by atoms with Gasteiger partial charge in [0.2, 0.25) is 11.8 Å². The first-order valence-electron chi connectivity index (χ1n) is 8.16. The minimum atomic E-state index is -0.431. The summed E-state index contributed by atoms with van der Waals surface area (Å²) in [4.78, 5) is 37.7. The van der Waals surface area contributed by atoms with Gasteiger partial charge in [0.05, 0.1) is 17.1 Å². The standard InChI is InChI=1S/C17H19Cl2N3O3/c18-11-1-2-13(19)12(7-11)16(25)20-9-15(24)22-5-3-17(4-6-22)8-14(23)21-10-17/h1-2,7H,3-6,8-10H2,(H,20,25)(H,21,23). The summed E-state index contributed by atoms with van der Waals surface area (Å²) >= 11 is 11.9. The second-order valence-corrected chi connectivity index (χ2v) is 7.48. The molecule has 0 aliphatic carbocycles. The SMILES string of the molecule is O=C1CC2(CCN(C(=O)CNC(=O)c3cc(Cl)ccc3Cl)CC2)CN1. The smallest absolute Gasteiger partial charge is 0.253 e. The Balaban J connectivity index is 1.51. The van der Waals surface area contributed by atoms with Crippen LogP contribution in [0.15, 0.2) is 18.2 Å². The van der Waals surface area contributed by atoms with Crippen LogP contribution >= 0.6 is 23.2 Å². The molecule has 3 amide bonds. The molecule has 0 bridgehead atoms. The van der Waals surface area contributed by atoms with Gasteiger partial charge in [-0.05, 0) is 36.5 Å². The molecule has 0 atom stereocenters. The second-order valence-electron chi connectivity index (χ2n) is 6.64. The highest BCUT2D eigenvalue weighted by molar-refractivity contribution is 6.35. The Morgan fingerprint density at radius 2 is 1.96 bits per heavy atom. The number of halogens is 2. The summed E-state index contributed by atoms with van der Waals surface area (Å²) in [6, 6.07) is 4.61. The Bertz CT molecular complexity index is 715. The van der Waals surface area contributed by atoms with Crippen LogP contribution in [-0.2, 0) is 9.59 Å². The molecule has 2 aliphatic heterocycles. The molecule has 0 radical (unpaired) electrons. The summed E-state index contributed by atoms with van der Waals surface area (Å²) in [6.45, 7) is 1.80. The van der Waals surface area contributed by atoms with E-state index in [-0.39, 0.29) is 34.4 Å². The second kappa shape index (κ2) is 7.22. The van der Waals surface area contributed by atoms with Gasteiger partial charge in [0.15, 0.2) is 0 Å². The number of piperidine rings is 1. The summed E-state index contributed by atoms with van der Waals surface area (Å²) in [7, 11) is 0. The molecule has 0 saturated carbocycles. The zero-order valence-electron chi connectivity index (χ0n) is 13.6. The molecule has 2 saturated heterocycles. The first-order chi connectivity index (χ1) is 11.9. The normalized spacial score (nSPS) is 19.0. The van der Waals surface area contributed by atoms with E-state index in [0.717, 1.165) is 12.8 Å². The van der Waals surface area contributed by atoms with Crippen molar-refractivity contribution in [1.82, 2.24) is 15.5 Å². The summed E-state index contributed by atoms with van der Waals surface area (Å²) in [5.74, 6) is -0.482. The number of carbonyl (C=O) groups is 3. The topological polar surface area (TPSA) is 78.5 Å². The van der Waals surface area contributed by atoms with E-state index < -0.39 is 5.91 Å². The molecule has 2 heterocycles. The third-order valence-corrected chi connectivity index (χ3v) is 5.51. The van der Waals surface area contributed by atoms with Crippen molar-refractivity contribution in [2.75, 3.05) is 26.2 Å². The van der Waals surface area contributed by atoms with Crippen molar-refractivity contribution in [3.63, 3.8) is 0 Å². The Labute approximate surface area is 155 Å². The van der Waals surface area contributed by atoms with E-state index in [2.05, 4.69) is 10.6 Å². The quantitative estimate of drug-likeness (QED) is 0.835. The molecular formula is C17H19Cl2N3O3. The maximum atomic E-state index is 12.3. The fourth-order valence-electron chi connectivity index (χ4n) is 3.37. The van der Waals surface area contributed by atoms with Gasteiger partial charge in [-0.3, -0.25) is 14.4 Å². The molecule has 2 aliphatic rings. The van der Waals surface area contributed by atoms with E-state index in [1.165, 1.54) is 6.07 Å². The molecule has 8 heteroatoms. The van der Waals surface area contributed by atoms with Gasteiger partial charge in [-0.2, -0.15) is 0 Å². The first kappa shape index (κ1) is 18.0. The Morgan fingerprint density at radius 1 is 1.24 bits per heavy atom. The molecule has 2 fully saturated rings. The monoisotopic (exact) mass is 383 g/mol. The van der Waals surface area contributed by atoms with Gasteiger partial charge in [0.25, 0.3) is 5.91 Å². The molecule has 6 nitrogen and oxygen atoms in total. The van der Waals surface area contributed by atoms with Crippen LogP contribution in [0.3, 0.4) is 0 Å². The van der Waals surface area contributed by atoms with Gasteiger partial charge in [-0.25, -0.2) is 0 Å². The van der Waals surface area contributed by atoms with Crippen molar-refractivity contribution in [1.29, 1.82) is 0 Å². The number of carbonyl (C=O) groups excluding carboxylic acids is 3. The average Bonchev–Trinajstić information content (AvgIpc) is 2.95. The van der Waals surface area contributed by atoms with Crippen LogP contribution in [0.2, 0.25) is 10.0 Å². The highest BCUT2D eigenvalue weighted by Crippen LogP contribution is 2.37. The molecule has 0 aromatic heterocycles. The van der Waals surface area contributed by atoms with Crippen molar-refractivity contribution < 1.29 is 14.4 Å². The Morgan fingerprint density at radius 3 is 2.60 bits per heavy atom. The van der Waals surface area contributed by atoms with Crippen LogP contribution in [0, 0.1) is 5.41 Å². The number of likely N-dealkylation sites (tertiary alicyclic amines) is 1. The lowest BCUT2D eigenvalue weighted by Gasteiger charge is -2.38.